The number of hydrogen-bond acceptors (Lipinski definition) is 5. The minimum atomic E-state index is -0.573. The molecule has 0 aromatic heterocycles. The Bertz CT molecular complexity index is 359. The van der Waals surface area contributed by atoms with E-state index in [4.69, 9.17) is 14.1 Å². The van der Waals surface area contributed by atoms with Gasteiger partial charge in [-0.1, -0.05) is 12.8 Å². The number of ether oxygens (including phenoxy) is 2. The van der Waals surface area contributed by atoms with E-state index in [9.17, 15) is 5.11 Å². The zero-order chi connectivity index (χ0) is 14.4. The fraction of sp³-hybridized carbons (Fsp3) is 1.00. The average molecular weight is 283 g/mol. The second kappa shape index (κ2) is 5.25. The molecule has 2 N–H and O–H groups in total. The van der Waals surface area contributed by atoms with Gasteiger partial charge in [-0.05, 0) is 33.1 Å². The van der Waals surface area contributed by atoms with E-state index in [2.05, 4.69) is 5.23 Å². The summed E-state index contributed by atoms with van der Waals surface area (Å²) in [4.78, 5) is 0. The molecule has 1 aliphatic heterocycles. The molecule has 3 aliphatic rings. The van der Waals surface area contributed by atoms with Crippen molar-refractivity contribution in [1.29, 1.82) is 0 Å². The maximum Gasteiger partial charge on any atom is 0.360 e. The fourth-order valence-electron chi connectivity index (χ4n) is 4.25. The summed E-state index contributed by atoms with van der Waals surface area (Å²) >= 11 is 0. The third kappa shape index (κ3) is 2.52. The standard InChI is InChI=1S/C14H26BNO4/c1-13(2)19-11-9(14(17)6-4-5-7-14)8-10(12(11)20-13)16-15-18-3/h9-12,15-17H,4-8H2,1-3H3/t9-,10+,11+,12-/m0/s1. The van der Waals surface area contributed by atoms with Gasteiger partial charge in [0.2, 0.25) is 0 Å². The van der Waals surface area contributed by atoms with Gasteiger partial charge in [0.25, 0.3) is 0 Å². The van der Waals surface area contributed by atoms with Crippen LogP contribution in [0.3, 0.4) is 0 Å². The lowest BCUT2D eigenvalue weighted by Crippen LogP contribution is -2.42. The molecule has 0 unspecified atom stereocenters. The molecule has 114 valence electrons. The van der Waals surface area contributed by atoms with E-state index in [0.717, 1.165) is 32.1 Å². The van der Waals surface area contributed by atoms with Gasteiger partial charge in [-0.2, -0.15) is 0 Å². The summed E-state index contributed by atoms with van der Waals surface area (Å²) in [5.74, 6) is -0.401. The number of fused-ring (bicyclic) bond motifs is 1. The van der Waals surface area contributed by atoms with Gasteiger partial charge in [-0.3, -0.25) is 0 Å². The smallest absolute Gasteiger partial charge is 0.360 e. The van der Waals surface area contributed by atoms with Crippen LogP contribution in [0, 0.1) is 5.92 Å². The molecule has 20 heavy (non-hydrogen) atoms. The van der Waals surface area contributed by atoms with E-state index in [1.807, 2.05) is 13.8 Å². The van der Waals surface area contributed by atoms with Crippen LogP contribution in [0.25, 0.3) is 0 Å². The SMILES string of the molecule is COBN[C@@H]1C[C@H](C2(O)CCCC2)[C@H]2OC(C)(C)O[C@H]21. The van der Waals surface area contributed by atoms with E-state index < -0.39 is 11.4 Å². The summed E-state index contributed by atoms with van der Waals surface area (Å²) in [5.41, 5.74) is -0.573. The van der Waals surface area contributed by atoms with Crippen LogP contribution in [0.1, 0.15) is 46.0 Å². The molecule has 2 aliphatic carbocycles. The van der Waals surface area contributed by atoms with Gasteiger partial charge >= 0.3 is 7.62 Å². The maximum atomic E-state index is 11.0. The van der Waals surface area contributed by atoms with Crippen molar-refractivity contribution in [3.8, 4) is 0 Å². The van der Waals surface area contributed by atoms with Gasteiger partial charge in [-0.15, -0.1) is 0 Å². The molecule has 2 saturated carbocycles. The first kappa shape index (κ1) is 14.8. The monoisotopic (exact) mass is 283 g/mol. The Morgan fingerprint density at radius 2 is 1.85 bits per heavy atom. The summed E-state index contributed by atoms with van der Waals surface area (Å²) in [7, 11) is 2.18. The van der Waals surface area contributed by atoms with Crippen LogP contribution in [-0.4, -0.2) is 49.5 Å². The average Bonchev–Trinajstić information content (AvgIpc) is 3.01. The van der Waals surface area contributed by atoms with Crippen LogP contribution in [0.15, 0.2) is 0 Å². The zero-order valence-electron chi connectivity index (χ0n) is 12.7. The van der Waals surface area contributed by atoms with Gasteiger partial charge < -0.3 is 24.5 Å². The van der Waals surface area contributed by atoms with Crippen molar-refractivity contribution >= 4 is 7.62 Å². The van der Waals surface area contributed by atoms with Gasteiger partial charge in [-0.25, -0.2) is 0 Å². The maximum absolute atomic E-state index is 11.0. The lowest BCUT2D eigenvalue weighted by Gasteiger charge is -2.33. The largest absolute Gasteiger partial charge is 0.427 e. The Labute approximate surface area is 121 Å². The van der Waals surface area contributed by atoms with Gasteiger partial charge in [0.1, 0.15) is 6.10 Å². The predicted molar refractivity (Wildman–Crippen MR) is 76.4 cm³/mol. The summed E-state index contributed by atoms with van der Waals surface area (Å²) in [6, 6.07) is 0.191. The van der Waals surface area contributed by atoms with Gasteiger partial charge in [0.15, 0.2) is 5.79 Å². The molecule has 3 rings (SSSR count). The molecular formula is C14H26BNO4. The highest BCUT2D eigenvalue weighted by Crippen LogP contribution is 2.50. The number of hydrogen-bond donors (Lipinski definition) is 2. The van der Waals surface area contributed by atoms with Crippen LogP contribution in [0.5, 0.6) is 0 Å². The minimum Gasteiger partial charge on any atom is -0.427 e. The van der Waals surface area contributed by atoms with Crippen molar-refractivity contribution < 1.29 is 19.2 Å². The van der Waals surface area contributed by atoms with Crippen molar-refractivity contribution in [1.82, 2.24) is 5.23 Å². The molecule has 6 heteroatoms. The normalized spacial score (nSPS) is 41.8. The zero-order valence-corrected chi connectivity index (χ0v) is 12.7. The molecule has 5 nitrogen and oxygen atoms in total. The highest BCUT2D eigenvalue weighted by molar-refractivity contribution is 6.23. The summed E-state index contributed by atoms with van der Waals surface area (Å²) in [5, 5.41) is 14.3. The van der Waals surface area contributed by atoms with Crippen molar-refractivity contribution in [2.24, 2.45) is 5.92 Å². The first-order valence-corrected chi connectivity index (χ1v) is 7.75. The molecule has 0 bridgehead atoms. The van der Waals surface area contributed by atoms with Gasteiger partial charge in [0.05, 0.1) is 11.7 Å². The number of rotatable bonds is 4. The molecule has 0 amide bonds. The third-order valence-corrected chi connectivity index (χ3v) is 5.11. The number of nitrogens with one attached hydrogen (secondary N) is 1. The van der Waals surface area contributed by atoms with Crippen LogP contribution < -0.4 is 5.23 Å². The first-order valence-electron chi connectivity index (χ1n) is 7.75. The number of aliphatic hydroxyl groups is 1. The quantitative estimate of drug-likeness (QED) is 0.744. The molecule has 4 atom stereocenters. The van der Waals surface area contributed by atoms with E-state index in [0.29, 0.717) is 7.62 Å². The van der Waals surface area contributed by atoms with E-state index in [1.54, 1.807) is 7.11 Å². The second-order valence-electron chi connectivity index (χ2n) is 6.96. The van der Waals surface area contributed by atoms with Crippen molar-refractivity contribution in [2.45, 2.75) is 75.6 Å². The predicted octanol–water partition coefficient (Wildman–Crippen LogP) is 0.703. The molecule has 0 spiro atoms. The van der Waals surface area contributed by atoms with Crippen LogP contribution in [0.4, 0.5) is 0 Å². The minimum absolute atomic E-state index is 0.00905. The summed E-state index contributed by atoms with van der Waals surface area (Å²) in [6.45, 7) is 3.91. The molecule has 1 heterocycles. The molecular weight excluding hydrogens is 257 g/mol. The second-order valence-corrected chi connectivity index (χ2v) is 6.96. The van der Waals surface area contributed by atoms with E-state index >= 15 is 0 Å². The molecule has 3 fully saturated rings. The summed E-state index contributed by atoms with van der Waals surface area (Å²) in [6.07, 6.45) is 4.90. The van der Waals surface area contributed by atoms with Crippen molar-refractivity contribution in [3.05, 3.63) is 0 Å². The highest BCUT2D eigenvalue weighted by Gasteiger charge is 2.59. The van der Waals surface area contributed by atoms with E-state index in [-0.39, 0.29) is 24.2 Å². The first-order chi connectivity index (χ1) is 9.45. The van der Waals surface area contributed by atoms with E-state index in [1.165, 1.54) is 0 Å². The Morgan fingerprint density at radius 1 is 1.20 bits per heavy atom. The van der Waals surface area contributed by atoms with Crippen LogP contribution in [0.2, 0.25) is 0 Å². The Balaban J connectivity index is 1.78. The van der Waals surface area contributed by atoms with Crippen LogP contribution in [-0.2, 0) is 14.1 Å². The van der Waals surface area contributed by atoms with Crippen molar-refractivity contribution in [2.75, 3.05) is 7.11 Å². The molecule has 0 radical (unpaired) electrons. The Morgan fingerprint density at radius 3 is 2.50 bits per heavy atom. The van der Waals surface area contributed by atoms with Gasteiger partial charge in [0, 0.05) is 19.1 Å². The Kier molecular flexibility index (Phi) is 3.88. The third-order valence-electron chi connectivity index (χ3n) is 5.11. The van der Waals surface area contributed by atoms with Crippen molar-refractivity contribution in [3.63, 3.8) is 0 Å². The molecule has 0 aromatic rings. The lowest BCUT2D eigenvalue weighted by atomic mass is 9.83. The molecule has 0 aromatic carbocycles. The highest BCUT2D eigenvalue weighted by atomic mass is 16.8. The topological polar surface area (TPSA) is 60.0 Å². The molecule has 1 saturated heterocycles. The lowest BCUT2D eigenvalue weighted by molar-refractivity contribution is -0.170. The fourth-order valence-corrected chi connectivity index (χ4v) is 4.25. The van der Waals surface area contributed by atoms with Crippen LogP contribution >= 0.6 is 0 Å². The summed E-state index contributed by atoms with van der Waals surface area (Å²) < 4.78 is 17.3. The Hall–Kier alpha value is -0.135.